The predicted octanol–water partition coefficient (Wildman–Crippen LogP) is 3.04. The molecule has 13 heavy (non-hydrogen) atoms. The molecule has 1 atom stereocenters. The van der Waals surface area contributed by atoms with E-state index >= 15 is 0 Å². The number of pyridine rings is 1. The minimum Gasteiger partial charge on any atom is -0.265 e. The molecule has 0 aromatic carbocycles. The van der Waals surface area contributed by atoms with Gasteiger partial charge in [0.15, 0.2) is 0 Å². The van der Waals surface area contributed by atoms with Crippen molar-refractivity contribution in [1.82, 2.24) is 4.98 Å². The van der Waals surface area contributed by atoms with Gasteiger partial charge in [0.2, 0.25) is 0 Å². The Morgan fingerprint density at radius 3 is 2.46 bits per heavy atom. The lowest BCUT2D eigenvalue weighted by Crippen LogP contribution is -2.26. The van der Waals surface area contributed by atoms with Crippen LogP contribution in [0.15, 0.2) is 24.5 Å². The largest absolute Gasteiger partial charge is 0.265 e. The standard InChI is InChI=1S/C9H10BrF2N/c1-9(11,12)8(10)6-7-2-4-13-5-3-7/h2-5,8H,6H2,1H3. The summed E-state index contributed by atoms with van der Waals surface area (Å²) in [6, 6.07) is 3.47. The predicted molar refractivity (Wildman–Crippen MR) is 51.3 cm³/mol. The molecule has 0 saturated carbocycles. The Hall–Kier alpha value is -0.510. The van der Waals surface area contributed by atoms with Gasteiger partial charge in [-0.1, -0.05) is 15.9 Å². The Morgan fingerprint density at radius 1 is 1.46 bits per heavy atom. The summed E-state index contributed by atoms with van der Waals surface area (Å²) in [4.78, 5) is 2.99. The Morgan fingerprint density at radius 2 is 2.00 bits per heavy atom. The lowest BCUT2D eigenvalue weighted by Gasteiger charge is -2.17. The molecule has 0 aliphatic heterocycles. The lowest BCUT2D eigenvalue weighted by atomic mass is 10.1. The first kappa shape index (κ1) is 10.6. The zero-order valence-electron chi connectivity index (χ0n) is 7.17. The molecule has 72 valence electrons. The van der Waals surface area contributed by atoms with E-state index in [1.165, 1.54) is 0 Å². The van der Waals surface area contributed by atoms with Crippen molar-refractivity contribution in [2.75, 3.05) is 0 Å². The molecule has 0 amide bonds. The molecule has 1 unspecified atom stereocenters. The number of hydrogen-bond acceptors (Lipinski definition) is 1. The second-order valence-electron chi connectivity index (χ2n) is 2.98. The summed E-state index contributed by atoms with van der Waals surface area (Å²) in [5, 5.41) is 0. The Bertz CT molecular complexity index is 258. The van der Waals surface area contributed by atoms with Crippen LogP contribution in [0.5, 0.6) is 0 Å². The summed E-state index contributed by atoms with van der Waals surface area (Å²) in [6.45, 7) is 0.910. The zero-order valence-corrected chi connectivity index (χ0v) is 8.76. The van der Waals surface area contributed by atoms with Gasteiger partial charge in [-0.25, -0.2) is 8.78 Å². The van der Waals surface area contributed by atoms with E-state index in [1.54, 1.807) is 24.5 Å². The van der Waals surface area contributed by atoms with E-state index < -0.39 is 10.7 Å². The number of halogens is 3. The minimum atomic E-state index is -2.69. The topological polar surface area (TPSA) is 12.9 Å². The van der Waals surface area contributed by atoms with Crippen LogP contribution in [-0.4, -0.2) is 15.7 Å². The lowest BCUT2D eigenvalue weighted by molar-refractivity contribution is 0.0218. The third-order valence-electron chi connectivity index (χ3n) is 1.71. The molecule has 0 aliphatic rings. The molecule has 1 heterocycles. The summed E-state index contributed by atoms with van der Waals surface area (Å²) in [5.41, 5.74) is 0.860. The zero-order chi connectivity index (χ0) is 9.90. The van der Waals surface area contributed by atoms with Crippen molar-refractivity contribution in [2.24, 2.45) is 0 Å². The number of hydrogen-bond donors (Lipinski definition) is 0. The van der Waals surface area contributed by atoms with Crippen molar-refractivity contribution in [3.8, 4) is 0 Å². The fourth-order valence-electron chi connectivity index (χ4n) is 0.905. The summed E-state index contributed by atoms with van der Waals surface area (Å²) < 4.78 is 25.5. The van der Waals surface area contributed by atoms with Crippen LogP contribution in [0.1, 0.15) is 12.5 Å². The fraction of sp³-hybridized carbons (Fsp3) is 0.444. The first-order valence-corrected chi connectivity index (χ1v) is 4.82. The summed E-state index contributed by atoms with van der Waals surface area (Å²) >= 11 is 2.96. The van der Waals surface area contributed by atoms with Gasteiger partial charge in [0, 0.05) is 19.3 Å². The van der Waals surface area contributed by atoms with E-state index in [4.69, 9.17) is 0 Å². The number of aromatic nitrogens is 1. The third-order valence-corrected chi connectivity index (χ3v) is 2.84. The third kappa shape index (κ3) is 3.38. The monoisotopic (exact) mass is 249 g/mol. The number of alkyl halides is 3. The highest BCUT2D eigenvalue weighted by Gasteiger charge is 2.31. The fourth-order valence-corrected chi connectivity index (χ4v) is 1.28. The molecule has 0 fully saturated rings. The van der Waals surface area contributed by atoms with Gasteiger partial charge in [0.1, 0.15) is 0 Å². The SMILES string of the molecule is CC(F)(F)C(Br)Cc1ccncc1. The minimum absolute atomic E-state index is 0.312. The molecule has 1 rings (SSSR count). The van der Waals surface area contributed by atoms with Crippen molar-refractivity contribution >= 4 is 15.9 Å². The van der Waals surface area contributed by atoms with Crippen LogP contribution in [0.4, 0.5) is 8.78 Å². The van der Waals surface area contributed by atoms with Crippen molar-refractivity contribution in [3.63, 3.8) is 0 Å². The highest BCUT2D eigenvalue weighted by molar-refractivity contribution is 9.09. The van der Waals surface area contributed by atoms with Gasteiger partial charge < -0.3 is 0 Å². The van der Waals surface area contributed by atoms with E-state index in [0.717, 1.165) is 12.5 Å². The van der Waals surface area contributed by atoms with Crippen LogP contribution >= 0.6 is 15.9 Å². The van der Waals surface area contributed by atoms with Gasteiger partial charge in [-0.15, -0.1) is 0 Å². The maximum absolute atomic E-state index is 12.7. The first-order chi connectivity index (χ1) is 6.00. The molecule has 4 heteroatoms. The molecule has 1 aromatic heterocycles. The van der Waals surface area contributed by atoms with Gasteiger partial charge in [0.25, 0.3) is 5.92 Å². The maximum Gasteiger partial charge on any atom is 0.258 e. The van der Waals surface area contributed by atoms with Crippen LogP contribution in [0, 0.1) is 0 Å². The van der Waals surface area contributed by atoms with Crippen LogP contribution < -0.4 is 0 Å². The van der Waals surface area contributed by atoms with Gasteiger partial charge >= 0.3 is 0 Å². The molecule has 1 aromatic rings. The quantitative estimate of drug-likeness (QED) is 0.751. The van der Waals surface area contributed by atoms with E-state index in [2.05, 4.69) is 20.9 Å². The van der Waals surface area contributed by atoms with Crippen LogP contribution in [0.3, 0.4) is 0 Å². The van der Waals surface area contributed by atoms with Gasteiger partial charge in [-0.3, -0.25) is 4.98 Å². The average molecular weight is 250 g/mol. The molecule has 0 N–H and O–H groups in total. The Kier molecular flexibility index (Phi) is 3.36. The summed E-state index contributed by atoms with van der Waals surface area (Å²) in [5.74, 6) is -2.69. The molecule has 1 nitrogen and oxygen atoms in total. The van der Waals surface area contributed by atoms with Crippen LogP contribution in [-0.2, 0) is 6.42 Å². The molecule has 0 bridgehead atoms. The van der Waals surface area contributed by atoms with Crippen molar-refractivity contribution < 1.29 is 8.78 Å². The molecule has 0 aliphatic carbocycles. The van der Waals surface area contributed by atoms with Gasteiger partial charge in [-0.2, -0.15) is 0 Å². The van der Waals surface area contributed by atoms with E-state index in [1.807, 2.05) is 0 Å². The summed E-state index contributed by atoms with van der Waals surface area (Å²) in [6.07, 6.45) is 3.51. The Balaban J connectivity index is 2.61. The van der Waals surface area contributed by atoms with Crippen molar-refractivity contribution in [3.05, 3.63) is 30.1 Å². The normalized spacial score (nSPS) is 14.2. The first-order valence-electron chi connectivity index (χ1n) is 3.91. The summed E-state index contributed by atoms with van der Waals surface area (Å²) in [7, 11) is 0. The van der Waals surface area contributed by atoms with Crippen LogP contribution in [0.25, 0.3) is 0 Å². The Labute approximate surface area is 84.3 Å². The molecule has 0 radical (unpaired) electrons. The second kappa shape index (κ2) is 4.13. The van der Waals surface area contributed by atoms with E-state index in [0.29, 0.717) is 6.42 Å². The number of rotatable bonds is 3. The van der Waals surface area contributed by atoms with Crippen molar-refractivity contribution in [2.45, 2.75) is 24.1 Å². The van der Waals surface area contributed by atoms with E-state index in [9.17, 15) is 8.78 Å². The number of nitrogens with zero attached hydrogens (tertiary/aromatic N) is 1. The van der Waals surface area contributed by atoms with E-state index in [-0.39, 0.29) is 0 Å². The van der Waals surface area contributed by atoms with Gasteiger partial charge in [0.05, 0.1) is 4.83 Å². The van der Waals surface area contributed by atoms with Crippen molar-refractivity contribution in [1.29, 1.82) is 0 Å². The smallest absolute Gasteiger partial charge is 0.258 e. The maximum atomic E-state index is 12.7. The molecular formula is C9H10BrF2N. The molecule has 0 saturated heterocycles. The van der Waals surface area contributed by atoms with Gasteiger partial charge in [-0.05, 0) is 24.1 Å². The van der Waals surface area contributed by atoms with Crippen LogP contribution in [0.2, 0.25) is 0 Å². The second-order valence-corrected chi connectivity index (χ2v) is 4.09. The molecule has 0 spiro atoms. The highest BCUT2D eigenvalue weighted by Crippen LogP contribution is 2.26. The highest BCUT2D eigenvalue weighted by atomic mass is 79.9. The average Bonchev–Trinajstić information content (AvgIpc) is 2.04. The molecular weight excluding hydrogens is 240 g/mol.